The van der Waals surface area contributed by atoms with E-state index in [4.69, 9.17) is 4.74 Å². The molecule has 0 radical (unpaired) electrons. The van der Waals surface area contributed by atoms with Crippen molar-refractivity contribution in [1.29, 1.82) is 0 Å². The van der Waals surface area contributed by atoms with Crippen LogP contribution in [0.3, 0.4) is 0 Å². The van der Waals surface area contributed by atoms with Crippen molar-refractivity contribution >= 4 is 0 Å². The lowest BCUT2D eigenvalue weighted by Gasteiger charge is -2.28. The third-order valence-corrected chi connectivity index (χ3v) is 4.82. The molecule has 1 N–H and O–H groups in total. The number of nitrogens with one attached hydrogen (secondary N) is 1. The van der Waals surface area contributed by atoms with Crippen molar-refractivity contribution in [2.24, 2.45) is 11.8 Å². The molecule has 1 saturated heterocycles. The normalized spacial score (nSPS) is 30.2. The molecule has 1 aliphatic carbocycles. The van der Waals surface area contributed by atoms with Crippen molar-refractivity contribution in [2.75, 3.05) is 40.4 Å². The van der Waals surface area contributed by atoms with E-state index in [2.05, 4.69) is 24.3 Å². The minimum atomic E-state index is 0.779. The molecular formula is C15H30N2O. The molecule has 1 heterocycles. The van der Waals surface area contributed by atoms with Gasteiger partial charge in [-0.15, -0.1) is 0 Å². The van der Waals surface area contributed by atoms with Crippen LogP contribution in [0.15, 0.2) is 0 Å². The third kappa shape index (κ3) is 4.22. The van der Waals surface area contributed by atoms with Gasteiger partial charge in [-0.3, -0.25) is 0 Å². The maximum atomic E-state index is 5.42. The average Bonchev–Trinajstić information content (AvgIpc) is 2.85. The first kappa shape index (κ1) is 14.3. The summed E-state index contributed by atoms with van der Waals surface area (Å²) in [7, 11) is 4.41. The van der Waals surface area contributed by atoms with E-state index in [1.807, 2.05) is 0 Å². The largest absolute Gasteiger partial charge is 0.381 e. The lowest BCUT2D eigenvalue weighted by molar-refractivity contribution is 0.0550. The highest BCUT2D eigenvalue weighted by Crippen LogP contribution is 2.28. The van der Waals surface area contributed by atoms with Crippen LogP contribution in [0, 0.1) is 11.8 Å². The van der Waals surface area contributed by atoms with Gasteiger partial charge in [0.2, 0.25) is 0 Å². The van der Waals surface area contributed by atoms with Crippen LogP contribution in [0.5, 0.6) is 0 Å². The topological polar surface area (TPSA) is 24.5 Å². The van der Waals surface area contributed by atoms with Gasteiger partial charge in [-0.25, -0.2) is 0 Å². The highest BCUT2D eigenvalue weighted by atomic mass is 16.5. The highest BCUT2D eigenvalue weighted by Gasteiger charge is 2.25. The average molecular weight is 254 g/mol. The fraction of sp³-hybridized carbons (Fsp3) is 1.00. The molecule has 2 unspecified atom stereocenters. The Kier molecular flexibility index (Phi) is 5.93. The van der Waals surface area contributed by atoms with Crippen molar-refractivity contribution in [3.8, 4) is 0 Å². The third-order valence-electron chi connectivity index (χ3n) is 4.82. The van der Waals surface area contributed by atoms with Gasteiger partial charge in [0.25, 0.3) is 0 Å². The molecule has 0 bridgehead atoms. The van der Waals surface area contributed by atoms with E-state index in [-0.39, 0.29) is 0 Å². The van der Waals surface area contributed by atoms with E-state index in [9.17, 15) is 0 Å². The zero-order valence-corrected chi connectivity index (χ0v) is 12.2. The Morgan fingerprint density at radius 2 is 1.94 bits per heavy atom. The Bertz CT molecular complexity index is 229. The lowest BCUT2D eigenvalue weighted by atomic mass is 9.97. The van der Waals surface area contributed by atoms with Gasteiger partial charge in [0, 0.05) is 25.8 Å². The van der Waals surface area contributed by atoms with Crippen LogP contribution in [0.25, 0.3) is 0 Å². The molecule has 2 rings (SSSR count). The molecule has 106 valence electrons. The molecule has 0 spiro atoms. The minimum Gasteiger partial charge on any atom is -0.381 e. The number of ether oxygens (including phenoxy) is 1. The van der Waals surface area contributed by atoms with Gasteiger partial charge >= 0.3 is 0 Å². The van der Waals surface area contributed by atoms with Gasteiger partial charge in [-0.1, -0.05) is 6.42 Å². The smallest absolute Gasteiger partial charge is 0.0469 e. The SMILES string of the molecule is CNC1CCCC1CCN(C)CC1CCOCC1. The molecule has 0 aromatic carbocycles. The standard InChI is InChI=1S/C15H30N2O/c1-16-15-5-3-4-14(15)6-9-17(2)12-13-7-10-18-11-8-13/h13-16H,3-12H2,1-2H3. The van der Waals surface area contributed by atoms with Gasteiger partial charge in [0.15, 0.2) is 0 Å². The number of rotatable bonds is 6. The van der Waals surface area contributed by atoms with E-state index < -0.39 is 0 Å². The van der Waals surface area contributed by atoms with E-state index in [0.29, 0.717) is 0 Å². The van der Waals surface area contributed by atoms with E-state index in [1.165, 1.54) is 51.6 Å². The lowest BCUT2D eigenvalue weighted by Crippen LogP contribution is -2.34. The van der Waals surface area contributed by atoms with Crippen molar-refractivity contribution in [1.82, 2.24) is 10.2 Å². The summed E-state index contributed by atoms with van der Waals surface area (Å²) in [6.45, 7) is 4.48. The zero-order valence-electron chi connectivity index (χ0n) is 12.2. The molecule has 2 aliphatic rings. The fourth-order valence-electron chi connectivity index (χ4n) is 3.61. The van der Waals surface area contributed by atoms with Gasteiger partial charge < -0.3 is 15.0 Å². The Balaban J connectivity index is 1.63. The van der Waals surface area contributed by atoms with Crippen LogP contribution >= 0.6 is 0 Å². The number of hydrogen-bond acceptors (Lipinski definition) is 3. The van der Waals surface area contributed by atoms with Crippen LogP contribution in [-0.4, -0.2) is 51.3 Å². The molecule has 2 atom stereocenters. The van der Waals surface area contributed by atoms with Crippen LogP contribution in [0.4, 0.5) is 0 Å². The Hall–Kier alpha value is -0.120. The van der Waals surface area contributed by atoms with Crippen molar-refractivity contribution < 1.29 is 4.74 Å². The second-order valence-electron chi connectivity index (χ2n) is 6.19. The minimum absolute atomic E-state index is 0.779. The molecule has 0 aromatic rings. The molecular weight excluding hydrogens is 224 g/mol. The molecule has 2 fully saturated rings. The summed E-state index contributed by atoms with van der Waals surface area (Å²) in [5.74, 6) is 1.78. The Morgan fingerprint density at radius 3 is 2.67 bits per heavy atom. The quantitative estimate of drug-likeness (QED) is 0.786. The maximum absolute atomic E-state index is 5.42. The van der Waals surface area contributed by atoms with Crippen LogP contribution in [-0.2, 0) is 4.74 Å². The van der Waals surface area contributed by atoms with E-state index in [1.54, 1.807) is 0 Å². The predicted octanol–water partition coefficient (Wildman–Crippen LogP) is 2.12. The van der Waals surface area contributed by atoms with Crippen molar-refractivity contribution in [3.05, 3.63) is 0 Å². The summed E-state index contributed by atoms with van der Waals surface area (Å²) >= 11 is 0. The van der Waals surface area contributed by atoms with Crippen LogP contribution < -0.4 is 5.32 Å². The Morgan fingerprint density at radius 1 is 1.17 bits per heavy atom. The number of nitrogens with zero attached hydrogens (tertiary/aromatic N) is 1. The first-order chi connectivity index (χ1) is 8.79. The summed E-state index contributed by atoms with van der Waals surface area (Å²) in [6.07, 6.45) is 8.10. The summed E-state index contributed by atoms with van der Waals surface area (Å²) in [5, 5.41) is 3.48. The molecule has 18 heavy (non-hydrogen) atoms. The summed E-state index contributed by atoms with van der Waals surface area (Å²) in [4.78, 5) is 2.54. The fourth-order valence-corrected chi connectivity index (χ4v) is 3.61. The van der Waals surface area contributed by atoms with Gasteiger partial charge in [-0.05, 0) is 64.6 Å². The van der Waals surface area contributed by atoms with E-state index >= 15 is 0 Å². The van der Waals surface area contributed by atoms with Crippen LogP contribution in [0.2, 0.25) is 0 Å². The van der Waals surface area contributed by atoms with Crippen LogP contribution in [0.1, 0.15) is 38.5 Å². The molecule has 0 amide bonds. The second kappa shape index (κ2) is 7.46. The molecule has 3 nitrogen and oxygen atoms in total. The Labute approximate surface area is 112 Å². The first-order valence-corrected chi connectivity index (χ1v) is 7.73. The molecule has 3 heteroatoms. The number of hydrogen-bond donors (Lipinski definition) is 1. The summed E-state index contributed by atoms with van der Waals surface area (Å²) in [5.41, 5.74) is 0. The first-order valence-electron chi connectivity index (χ1n) is 7.73. The maximum Gasteiger partial charge on any atom is 0.0469 e. The summed E-state index contributed by atoms with van der Waals surface area (Å²) < 4.78 is 5.42. The molecule has 1 aliphatic heterocycles. The zero-order chi connectivity index (χ0) is 12.8. The monoisotopic (exact) mass is 254 g/mol. The second-order valence-corrected chi connectivity index (χ2v) is 6.19. The van der Waals surface area contributed by atoms with Gasteiger partial charge in [-0.2, -0.15) is 0 Å². The van der Waals surface area contributed by atoms with Crippen molar-refractivity contribution in [2.45, 2.75) is 44.6 Å². The molecule has 1 saturated carbocycles. The molecule has 0 aromatic heterocycles. The summed E-state index contributed by atoms with van der Waals surface area (Å²) in [6, 6.07) is 0.779. The highest BCUT2D eigenvalue weighted by molar-refractivity contribution is 4.82. The van der Waals surface area contributed by atoms with E-state index in [0.717, 1.165) is 31.1 Å². The predicted molar refractivity (Wildman–Crippen MR) is 75.8 cm³/mol. The van der Waals surface area contributed by atoms with Gasteiger partial charge in [0.1, 0.15) is 0 Å². The van der Waals surface area contributed by atoms with Gasteiger partial charge in [0.05, 0.1) is 0 Å². The van der Waals surface area contributed by atoms with Crippen molar-refractivity contribution in [3.63, 3.8) is 0 Å².